The predicted molar refractivity (Wildman–Crippen MR) is 372 cm³/mol. The third-order valence-electron chi connectivity index (χ3n) is 17.0. The van der Waals surface area contributed by atoms with E-state index in [2.05, 4.69) is 34.6 Å². The third kappa shape index (κ3) is 66.7. The molecule has 5 atom stereocenters. The number of hydrogen-bond donors (Lipinski definition) is 3. The average Bonchev–Trinajstić information content (AvgIpc) is 3.73. The van der Waals surface area contributed by atoms with Crippen molar-refractivity contribution in [3.05, 3.63) is 0 Å². The fourth-order valence-electron chi connectivity index (χ4n) is 11.2. The van der Waals surface area contributed by atoms with Crippen LogP contribution in [-0.2, 0) is 65.4 Å². The monoisotopic (exact) mass is 1350 g/mol. The van der Waals surface area contributed by atoms with Gasteiger partial charge in [0, 0.05) is 25.7 Å². The zero-order valence-electron chi connectivity index (χ0n) is 59.7. The smallest absolute Gasteiger partial charge is 0.462 e. The Morgan fingerprint density at radius 3 is 0.739 bits per heavy atom. The Kier molecular flexibility index (Phi) is 64.9. The second-order valence-electron chi connectivity index (χ2n) is 26.8. The van der Waals surface area contributed by atoms with Crippen molar-refractivity contribution in [2.75, 3.05) is 39.6 Å². The second kappa shape index (κ2) is 66.3. The van der Waals surface area contributed by atoms with Gasteiger partial charge in [-0.2, -0.15) is 0 Å². The van der Waals surface area contributed by atoms with Crippen LogP contribution in [0.1, 0.15) is 381 Å². The lowest BCUT2D eigenvalue weighted by Gasteiger charge is -2.21. The van der Waals surface area contributed by atoms with E-state index in [-0.39, 0.29) is 25.7 Å². The maximum Gasteiger partial charge on any atom is 0.472 e. The van der Waals surface area contributed by atoms with Crippen LogP contribution in [0.2, 0.25) is 0 Å². The average molecular weight is 1350 g/mol. The summed E-state index contributed by atoms with van der Waals surface area (Å²) in [5, 5.41) is 10.6. The molecule has 0 saturated heterocycles. The molecule has 0 aliphatic carbocycles. The van der Waals surface area contributed by atoms with Gasteiger partial charge in [0.25, 0.3) is 0 Å². The van der Waals surface area contributed by atoms with Gasteiger partial charge in [-0.05, 0) is 31.6 Å². The molecule has 0 aliphatic heterocycles. The third-order valence-corrected chi connectivity index (χ3v) is 18.9. The van der Waals surface area contributed by atoms with Crippen LogP contribution in [-0.4, -0.2) is 96.7 Å². The normalized spacial score (nSPS) is 14.0. The number of rotatable bonds is 73. The van der Waals surface area contributed by atoms with Gasteiger partial charge in [0.1, 0.15) is 19.3 Å². The molecule has 92 heavy (non-hydrogen) atoms. The minimum atomic E-state index is -4.95. The number of unbranched alkanes of at least 4 members (excludes halogenated alkanes) is 45. The number of aliphatic hydroxyl groups excluding tert-OH is 1. The minimum Gasteiger partial charge on any atom is -0.462 e. The van der Waals surface area contributed by atoms with Crippen LogP contribution in [0.3, 0.4) is 0 Å². The quantitative estimate of drug-likeness (QED) is 0.0222. The number of ether oxygens (including phenoxy) is 4. The first kappa shape index (κ1) is 90.1. The van der Waals surface area contributed by atoms with Crippen LogP contribution < -0.4 is 0 Å². The van der Waals surface area contributed by atoms with Gasteiger partial charge < -0.3 is 33.8 Å². The number of carbonyl (C=O) groups excluding carboxylic acids is 4. The summed E-state index contributed by atoms with van der Waals surface area (Å²) in [5.74, 6) is -1.45. The number of phosphoric acid groups is 2. The first-order valence-electron chi connectivity index (χ1n) is 38.1. The number of carbonyl (C=O) groups is 4. The molecule has 546 valence electrons. The van der Waals surface area contributed by atoms with E-state index in [9.17, 15) is 43.2 Å². The van der Waals surface area contributed by atoms with Gasteiger partial charge in [-0.3, -0.25) is 37.3 Å². The summed E-state index contributed by atoms with van der Waals surface area (Å²) >= 11 is 0. The molecule has 0 heterocycles. The van der Waals surface area contributed by atoms with E-state index in [1.807, 2.05) is 0 Å². The number of hydrogen-bond acceptors (Lipinski definition) is 15. The summed E-state index contributed by atoms with van der Waals surface area (Å²) in [7, 11) is -9.90. The highest BCUT2D eigenvalue weighted by Gasteiger charge is 2.30. The largest absolute Gasteiger partial charge is 0.472 e. The van der Waals surface area contributed by atoms with Crippen LogP contribution >= 0.6 is 15.6 Å². The van der Waals surface area contributed by atoms with Crippen molar-refractivity contribution in [2.45, 2.75) is 400 Å². The summed E-state index contributed by atoms with van der Waals surface area (Å²) in [6.45, 7) is 7.16. The molecule has 0 aromatic heterocycles. The zero-order valence-corrected chi connectivity index (χ0v) is 61.5. The highest BCUT2D eigenvalue weighted by molar-refractivity contribution is 7.47. The van der Waals surface area contributed by atoms with Crippen molar-refractivity contribution < 1.29 is 80.2 Å². The van der Waals surface area contributed by atoms with Crippen molar-refractivity contribution in [1.82, 2.24) is 0 Å². The van der Waals surface area contributed by atoms with Crippen LogP contribution in [0.4, 0.5) is 0 Å². The summed E-state index contributed by atoms with van der Waals surface area (Å²) in [5.41, 5.74) is 0. The molecule has 3 N–H and O–H groups in total. The van der Waals surface area contributed by atoms with Gasteiger partial charge in [-0.25, -0.2) is 9.13 Å². The predicted octanol–water partition coefficient (Wildman–Crippen LogP) is 21.3. The SMILES string of the molecule is CCCCCCCCCCCCCCCCCCCC(=O)OC[C@H](COP(=O)(O)OC[C@@H](O)COP(=O)(O)OC[C@@H](COC(=O)CCCCCCCCCCC)OC(=O)CCCCCCCCC(C)C)OC(=O)CCCCCCCCCCCCCCCCCCC. The standard InChI is InChI=1S/C73H142O17P2/c1-6-9-12-15-18-21-23-25-27-29-31-33-35-38-41-47-52-57-71(76)84-62-68(89-72(77)58-53-48-42-39-36-34-32-30-28-26-24-22-19-16-13-10-7-2)64-87-91(79,80)85-60-67(74)61-86-92(81,82)88-65-69(90-73(78)59-54-49-44-43-45-50-55-66(4)5)63-83-70(75)56-51-46-40-37-20-17-14-11-8-3/h66-69,74H,6-65H2,1-5H3,(H,79,80)(H,81,82)/t67-,68-,69-/m1/s1. The van der Waals surface area contributed by atoms with Gasteiger partial charge in [0.2, 0.25) is 0 Å². The van der Waals surface area contributed by atoms with Crippen molar-refractivity contribution in [2.24, 2.45) is 5.92 Å². The summed E-state index contributed by atoms with van der Waals surface area (Å²) < 4.78 is 68.3. The van der Waals surface area contributed by atoms with E-state index in [1.54, 1.807) is 0 Å². The summed E-state index contributed by atoms with van der Waals surface area (Å²) in [4.78, 5) is 72.6. The summed E-state index contributed by atoms with van der Waals surface area (Å²) in [6, 6.07) is 0. The molecule has 0 radical (unpaired) electrons. The maximum atomic E-state index is 13.1. The Morgan fingerprint density at radius 1 is 0.293 bits per heavy atom. The molecule has 0 spiro atoms. The molecule has 0 aromatic carbocycles. The second-order valence-corrected chi connectivity index (χ2v) is 29.7. The molecular formula is C73H142O17P2. The molecular weight excluding hydrogens is 1210 g/mol. The van der Waals surface area contributed by atoms with E-state index in [0.717, 1.165) is 89.9 Å². The first-order valence-corrected chi connectivity index (χ1v) is 41.1. The van der Waals surface area contributed by atoms with Crippen LogP contribution in [0, 0.1) is 5.92 Å². The van der Waals surface area contributed by atoms with Gasteiger partial charge >= 0.3 is 39.5 Å². The molecule has 0 saturated carbocycles. The Morgan fingerprint density at radius 2 is 0.500 bits per heavy atom. The fourth-order valence-corrected chi connectivity index (χ4v) is 12.8. The molecule has 2 unspecified atom stereocenters. The Labute approximate surface area is 562 Å². The Bertz CT molecular complexity index is 1770. The molecule has 0 fully saturated rings. The Hall–Kier alpha value is -1.94. The van der Waals surface area contributed by atoms with E-state index in [1.165, 1.54) is 205 Å². The molecule has 0 bridgehead atoms. The van der Waals surface area contributed by atoms with Crippen molar-refractivity contribution in [3.8, 4) is 0 Å². The van der Waals surface area contributed by atoms with E-state index < -0.39 is 97.5 Å². The van der Waals surface area contributed by atoms with Gasteiger partial charge in [0.05, 0.1) is 26.4 Å². The topological polar surface area (TPSA) is 237 Å². The lowest BCUT2D eigenvalue weighted by molar-refractivity contribution is -0.161. The van der Waals surface area contributed by atoms with Crippen molar-refractivity contribution >= 4 is 39.5 Å². The lowest BCUT2D eigenvalue weighted by Crippen LogP contribution is -2.30. The lowest BCUT2D eigenvalue weighted by atomic mass is 10.0. The van der Waals surface area contributed by atoms with Crippen LogP contribution in [0.25, 0.3) is 0 Å². The van der Waals surface area contributed by atoms with E-state index >= 15 is 0 Å². The molecule has 0 amide bonds. The van der Waals surface area contributed by atoms with E-state index in [0.29, 0.717) is 31.6 Å². The number of phosphoric ester groups is 2. The first-order chi connectivity index (χ1) is 44.5. The number of esters is 4. The Balaban J connectivity index is 5.19. The van der Waals surface area contributed by atoms with E-state index in [4.69, 9.17) is 37.0 Å². The highest BCUT2D eigenvalue weighted by Crippen LogP contribution is 2.45. The van der Waals surface area contributed by atoms with Crippen molar-refractivity contribution in [3.63, 3.8) is 0 Å². The van der Waals surface area contributed by atoms with Gasteiger partial charge in [0.15, 0.2) is 12.2 Å². The molecule has 0 aromatic rings. The van der Waals surface area contributed by atoms with Gasteiger partial charge in [-0.15, -0.1) is 0 Å². The number of aliphatic hydroxyl groups is 1. The molecule has 19 heteroatoms. The summed E-state index contributed by atoms with van der Waals surface area (Å²) in [6.07, 6.45) is 54.3. The fraction of sp³-hybridized carbons (Fsp3) is 0.945. The molecule has 0 aliphatic rings. The highest BCUT2D eigenvalue weighted by atomic mass is 31.2. The van der Waals surface area contributed by atoms with Crippen LogP contribution in [0.15, 0.2) is 0 Å². The molecule has 0 rings (SSSR count). The minimum absolute atomic E-state index is 0.103. The maximum absolute atomic E-state index is 13.1. The van der Waals surface area contributed by atoms with Crippen molar-refractivity contribution in [1.29, 1.82) is 0 Å². The zero-order chi connectivity index (χ0) is 67.7. The molecule has 17 nitrogen and oxygen atoms in total. The van der Waals surface area contributed by atoms with Crippen LogP contribution in [0.5, 0.6) is 0 Å². The van der Waals surface area contributed by atoms with Gasteiger partial charge in [-0.1, -0.05) is 330 Å².